The lowest BCUT2D eigenvalue weighted by Crippen LogP contribution is -2.28. The summed E-state index contributed by atoms with van der Waals surface area (Å²) in [4.78, 5) is 10.6. The monoisotopic (exact) mass is 172 g/mol. The number of aliphatic hydroxyl groups excluding tert-OH is 1. The van der Waals surface area contributed by atoms with Crippen LogP contribution in [0, 0.1) is 5.41 Å². The first-order valence-electron chi connectivity index (χ1n) is 4.43. The van der Waals surface area contributed by atoms with Gasteiger partial charge in [0, 0.05) is 12.3 Å². The van der Waals surface area contributed by atoms with E-state index in [4.69, 9.17) is 9.84 Å². The molecule has 0 radical (unpaired) electrons. The number of hydrogen-bond acceptors (Lipinski definition) is 3. The van der Waals surface area contributed by atoms with Crippen LogP contribution in [0.5, 0.6) is 0 Å². The third-order valence-corrected chi connectivity index (χ3v) is 2.58. The fraction of sp³-hybridized carbons (Fsp3) is 0.889. The van der Waals surface area contributed by atoms with Crippen molar-refractivity contribution in [2.45, 2.75) is 32.6 Å². The summed E-state index contributed by atoms with van der Waals surface area (Å²) in [5, 5.41) is 9.14. The number of aliphatic hydroxyl groups is 1. The Hall–Kier alpha value is -0.570. The number of hydrogen-bond donors (Lipinski definition) is 1. The average Bonchev–Trinajstić information content (AvgIpc) is 2.50. The molecule has 0 aromatic rings. The van der Waals surface area contributed by atoms with E-state index in [-0.39, 0.29) is 18.0 Å². The Bertz CT molecular complexity index is 159. The molecular formula is C9H16O3. The maximum Gasteiger partial charge on any atom is 0.302 e. The number of rotatable bonds is 3. The molecule has 0 atom stereocenters. The smallest absolute Gasteiger partial charge is 0.302 e. The number of ether oxygens (including phenoxy) is 1. The highest BCUT2D eigenvalue weighted by Crippen LogP contribution is 2.37. The number of esters is 1. The third kappa shape index (κ3) is 2.21. The molecule has 0 heterocycles. The maximum atomic E-state index is 10.6. The predicted molar refractivity (Wildman–Crippen MR) is 44.6 cm³/mol. The van der Waals surface area contributed by atoms with Gasteiger partial charge in [0.1, 0.15) is 0 Å². The summed E-state index contributed by atoms with van der Waals surface area (Å²) in [5.41, 5.74) is -0.119. The molecule has 0 spiro atoms. The van der Waals surface area contributed by atoms with Gasteiger partial charge in [-0.1, -0.05) is 12.8 Å². The second-order valence-electron chi connectivity index (χ2n) is 3.65. The summed E-state index contributed by atoms with van der Waals surface area (Å²) in [7, 11) is 0. The Kier molecular flexibility index (Phi) is 3.09. The molecule has 0 saturated heterocycles. The lowest BCUT2D eigenvalue weighted by atomic mass is 9.88. The van der Waals surface area contributed by atoms with Gasteiger partial charge in [0.25, 0.3) is 0 Å². The van der Waals surface area contributed by atoms with Crippen molar-refractivity contribution in [1.82, 2.24) is 0 Å². The van der Waals surface area contributed by atoms with Gasteiger partial charge >= 0.3 is 5.97 Å². The first kappa shape index (κ1) is 9.52. The van der Waals surface area contributed by atoms with Gasteiger partial charge in [-0.05, 0) is 12.8 Å². The molecule has 0 aromatic heterocycles. The second-order valence-corrected chi connectivity index (χ2v) is 3.65. The topological polar surface area (TPSA) is 46.5 Å². The van der Waals surface area contributed by atoms with Crippen LogP contribution in [0.3, 0.4) is 0 Å². The Morgan fingerprint density at radius 2 is 2.08 bits per heavy atom. The van der Waals surface area contributed by atoms with Crippen molar-refractivity contribution in [3.63, 3.8) is 0 Å². The van der Waals surface area contributed by atoms with Crippen molar-refractivity contribution in [1.29, 1.82) is 0 Å². The minimum Gasteiger partial charge on any atom is -0.465 e. The highest BCUT2D eigenvalue weighted by atomic mass is 16.5. The van der Waals surface area contributed by atoms with E-state index in [1.165, 1.54) is 6.92 Å². The Morgan fingerprint density at radius 1 is 1.50 bits per heavy atom. The number of carbonyl (C=O) groups is 1. The van der Waals surface area contributed by atoms with E-state index < -0.39 is 0 Å². The van der Waals surface area contributed by atoms with Crippen molar-refractivity contribution in [3.05, 3.63) is 0 Å². The molecule has 1 aliphatic rings. The van der Waals surface area contributed by atoms with Gasteiger partial charge in [-0.15, -0.1) is 0 Å². The minimum absolute atomic E-state index is 0.119. The van der Waals surface area contributed by atoms with Crippen LogP contribution in [0.15, 0.2) is 0 Å². The fourth-order valence-corrected chi connectivity index (χ4v) is 1.73. The van der Waals surface area contributed by atoms with Gasteiger partial charge in [-0.3, -0.25) is 4.79 Å². The highest BCUT2D eigenvalue weighted by Gasteiger charge is 2.34. The van der Waals surface area contributed by atoms with Gasteiger partial charge in [0.15, 0.2) is 0 Å². The molecule has 1 fully saturated rings. The Labute approximate surface area is 72.7 Å². The standard InChI is InChI=1S/C9H16O3/c1-8(11)12-7-9(6-10)4-2-3-5-9/h10H,2-7H2,1H3. The molecule has 3 nitrogen and oxygen atoms in total. The molecule has 0 aliphatic heterocycles. The van der Waals surface area contributed by atoms with Crippen molar-refractivity contribution in [3.8, 4) is 0 Å². The van der Waals surface area contributed by atoms with E-state index in [0.29, 0.717) is 6.61 Å². The van der Waals surface area contributed by atoms with E-state index in [9.17, 15) is 4.79 Å². The molecule has 0 aromatic carbocycles. The van der Waals surface area contributed by atoms with Crippen LogP contribution in [0.1, 0.15) is 32.6 Å². The molecule has 0 amide bonds. The zero-order chi connectivity index (χ0) is 9.03. The molecule has 0 bridgehead atoms. The van der Waals surface area contributed by atoms with E-state index >= 15 is 0 Å². The van der Waals surface area contributed by atoms with E-state index in [1.54, 1.807) is 0 Å². The van der Waals surface area contributed by atoms with Crippen LogP contribution in [0.4, 0.5) is 0 Å². The summed E-state index contributed by atoms with van der Waals surface area (Å²) in [5.74, 6) is -0.255. The van der Waals surface area contributed by atoms with Crippen LogP contribution in [-0.4, -0.2) is 24.3 Å². The lowest BCUT2D eigenvalue weighted by Gasteiger charge is -2.25. The molecule has 1 N–H and O–H groups in total. The van der Waals surface area contributed by atoms with E-state index in [1.807, 2.05) is 0 Å². The summed E-state index contributed by atoms with van der Waals surface area (Å²) < 4.78 is 4.92. The number of carbonyl (C=O) groups excluding carboxylic acids is 1. The van der Waals surface area contributed by atoms with E-state index in [0.717, 1.165) is 25.7 Å². The predicted octanol–water partition coefficient (Wildman–Crippen LogP) is 1.10. The SMILES string of the molecule is CC(=O)OCC1(CO)CCCC1. The third-order valence-electron chi connectivity index (χ3n) is 2.58. The molecule has 1 rings (SSSR count). The molecule has 0 unspecified atom stereocenters. The first-order chi connectivity index (χ1) is 5.68. The summed E-state index contributed by atoms with van der Waals surface area (Å²) in [6.07, 6.45) is 4.25. The summed E-state index contributed by atoms with van der Waals surface area (Å²) in [6.45, 7) is 1.93. The highest BCUT2D eigenvalue weighted by molar-refractivity contribution is 5.65. The first-order valence-corrected chi connectivity index (χ1v) is 4.43. The quantitative estimate of drug-likeness (QED) is 0.648. The fourth-order valence-electron chi connectivity index (χ4n) is 1.73. The van der Waals surface area contributed by atoms with Crippen molar-refractivity contribution >= 4 is 5.97 Å². The van der Waals surface area contributed by atoms with Crippen LogP contribution in [0.25, 0.3) is 0 Å². The van der Waals surface area contributed by atoms with Crippen molar-refractivity contribution in [2.24, 2.45) is 5.41 Å². The molecular weight excluding hydrogens is 156 g/mol. The maximum absolute atomic E-state index is 10.6. The molecule has 12 heavy (non-hydrogen) atoms. The van der Waals surface area contributed by atoms with Gasteiger partial charge in [-0.2, -0.15) is 0 Å². The Morgan fingerprint density at radius 3 is 2.50 bits per heavy atom. The van der Waals surface area contributed by atoms with Crippen molar-refractivity contribution < 1.29 is 14.6 Å². The molecule has 1 saturated carbocycles. The van der Waals surface area contributed by atoms with Gasteiger partial charge in [-0.25, -0.2) is 0 Å². The zero-order valence-electron chi connectivity index (χ0n) is 7.51. The molecule has 1 aliphatic carbocycles. The van der Waals surface area contributed by atoms with Crippen LogP contribution in [0.2, 0.25) is 0 Å². The normalized spacial score (nSPS) is 20.8. The zero-order valence-corrected chi connectivity index (χ0v) is 7.51. The second kappa shape index (κ2) is 3.90. The van der Waals surface area contributed by atoms with Gasteiger partial charge in [0.05, 0.1) is 13.2 Å². The average molecular weight is 172 g/mol. The van der Waals surface area contributed by atoms with Crippen LogP contribution >= 0.6 is 0 Å². The summed E-state index contributed by atoms with van der Waals surface area (Å²) >= 11 is 0. The summed E-state index contributed by atoms with van der Waals surface area (Å²) in [6, 6.07) is 0. The lowest BCUT2D eigenvalue weighted by molar-refractivity contribution is -0.145. The van der Waals surface area contributed by atoms with Crippen molar-refractivity contribution in [2.75, 3.05) is 13.2 Å². The minimum atomic E-state index is -0.255. The molecule has 70 valence electrons. The van der Waals surface area contributed by atoms with Gasteiger partial charge < -0.3 is 9.84 Å². The largest absolute Gasteiger partial charge is 0.465 e. The van der Waals surface area contributed by atoms with Crippen LogP contribution in [-0.2, 0) is 9.53 Å². The molecule has 3 heteroatoms. The van der Waals surface area contributed by atoms with E-state index in [2.05, 4.69) is 0 Å². The van der Waals surface area contributed by atoms with Crippen LogP contribution < -0.4 is 0 Å². The van der Waals surface area contributed by atoms with Gasteiger partial charge in [0.2, 0.25) is 0 Å². The Balaban J connectivity index is 2.39.